The van der Waals surface area contributed by atoms with E-state index in [4.69, 9.17) is 9.47 Å². The smallest absolute Gasteiger partial charge is 0.164 e. The second-order valence-electron chi connectivity index (χ2n) is 8.92. The SMILES string of the molecule is COc1c(OCc2ccccc2)ccc2c1[C@@]1(C)CCCC(C)(C)C1C2. The number of hydrogen-bond donors (Lipinski definition) is 0. The fourth-order valence-electron chi connectivity index (χ4n) is 5.59. The third kappa shape index (κ3) is 2.71. The molecule has 2 nitrogen and oxygen atoms in total. The first-order chi connectivity index (χ1) is 12.5. The molecule has 1 saturated carbocycles. The lowest BCUT2D eigenvalue weighted by Gasteiger charge is -2.48. The second-order valence-corrected chi connectivity index (χ2v) is 8.92. The minimum Gasteiger partial charge on any atom is -0.493 e. The first kappa shape index (κ1) is 17.5. The molecule has 26 heavy (non-hydrogen) atoms. The van der Waals surface area contributed by atoms with E-state index < -0.39 is 0 Å². The molecule has 138 valence electrons. The second kappa shape index (κ2) is 6.33. The lowest BCUT2D eigenvalue weighted by molar-refractivity contribution is 0.0689. The Balaban J connectivity index is 1.70. The molecular weight excluding hydrogens is 320 g/mol. The van der Waals surface area contributed by atoms with E-state index >= 15 is 0 Å². The Morgan fingerprint density at radius 2 is 1.77 bits per heavy atom. The van der Waals surface area contributed by atoms with Crippen LogP contribution in [-0.2, 0) is 18.4 Å². The molecule has 2 aliphatic rings. The van der Waals surface area contributed by atoms with Gasteiger partial charge in [0.2, 0.25) is 0 Å². The van der Waals surface area contributed by atoms with Crippen LogP contribution in [-0.4, -0.2) is 7.11 Å². The van der Waals surface area contributed by atoms with E-state index in [1.807, 2.05) is 18.2 Å². The summed E-state index contributed by atoms with van der Waals surface area (Å²) in [6.07, 6.45) is 5.01. The molecule has 1 fully saturated rings. The fourth-order valence-corrected chi connectivity index (χ4v) is 5.59. The van der Waals surface area contributed by atoms with Crippen molar-refractivity contribution in [2.24, 2.45) is 11.3 Å². The van der Waals surface area contributed by atoms with Crippen LogP contribution in [0.15, 0.2) is 42.5 Å². The van der Waals surface area contributed by atoms with E-state index in [0.29, 0.717) is 17.9 Å². The molecule has 0 radical (unpaired) electrons. The zero-order valence-corrected chi connectivity index (χ0v) is 16.5. The summed E-state index contributed by atoms with van der Waals surface area (Å²) in [7, 11) is 1.79. The molecule has 2 aromatic rings. The molecular formula is C24H30O2. The van der Waals surface area contributed by atoms with E-state index in [1.165, 1.54) is 36.0 Å². The number of ether oxygens (including phenoxy) is 2. The van der Waals surface area contributed by atoms with Crippen molar-refractivity contribution in [2.75, 3.05) is 7.11 Å². The predicted molar refractivity (Wildman–Crippen MR) is 106 cm³/mol. The predicted octanol–water partition coefficient (Wildman–Crippen LogP) is 5.91. The maximum Gasteiger partial charge on any atom is 0.164 e. The van der Waals surface area contributed by atoms with Crippen molar-refractivity contribution in [3.63, 3.8) is 0 Å². The quantitative estimate of drug-likeness (QED) is 0.682. The van der Waals surface area contributed by atoms with Crippen molar-refractivity contribution in [3.8, 4) is 11.5 Å². The largest absolute Gasteiger partial charge is 0.493 e. The monoisotopic (exact) mass is 350 g/mol. The van der Waals surface area contributed by atoms with Crippen LogP contribution in [0.3, 0.4) is 0 Å². The minimum atomic E-state index is 0.189. The van der Waals surface area contributed by atoms with E-state index in [0.717, 1.165) is 17.9 Å². The zero-order valence-electron chi connectivity index (χ0n) is 16.5. The van der Waals surface area contributed by atoms with Gasteiger partial charge >= 0.3 is 0 Å². The van der Waals surface area contributed by atoms with Crippen molar-refractivity contribution in [3.05, 3.63) is 59.2 Å². The van der Waals surface area contributed by atoms with Crippen LogP contribution < -0.4 is 9.47 Å². The zero-order chi connectivity index (χ0) is 18.4. The Labute approximate surface area is 157 Å². The van der Waals surface area contributed by atoms with Gasteiger partial charge in [0.15, 0.2) is 11.5 Å². The number of benzene rings is 2. The Hall–Kier alpha value is -1.96. The Morgan fingerprint density at radius 3 is 2.50 bits per heavy atom. The molecule has 0 amide bonds. The first-order valence-corrected chi connectivity index (χ1v) is 9.83. The van der Waals surface area contributed by atoms with Crippen LogP contribution >= 0.6 is 0 Å². The highest BCUT2D eigenvalue weighted by molar-refractivity contribution is 5.57. The Kier molecular flexibility index (Phi) is 4.25. The highest BCUT2D eigenvalue weighted by Crippen LogP contribution is 2.61. The highest BCUT2D eigenvalue weighted by Gasteiger charge is 2.53. The molecule has 0 aromatic heterocycles. The maximum atomic E-state index is 6.19. The molecule has 0 spiro atoms. The summed E-state index contributed by atoms with van der Waals surface area (Å²) in [5.74, 6) is 2.51. The van der Waals surface area contributed by atoms with Gasteiger partial charge in [0.25, 0.3) is 0 Å². The summed E-state index contributed by atoms with van der Waals surface area (Å²) in [6, 6.07) is 14.7. The molecule has 2 aliphatic carbocycles. The van der Waals surface area contributed by atoms with Crippen molar-refractivity contribution >= 4 is 0 Å². The van der Waals surface area contributed by atoms with Gasteiger partial charge in [-0.05, 0) is 47.8 Å². The Bertz CT molecular complexity index is 793. The summed E-state index contributed by atoms with van der Waals surface area (Å²) in [6.45, 7) is 7.91. The van der Waals surface area contributed by atoms with Crippen molar-refractivity contribution in [1.29, 1.82) is 0 Å². The van der Waals surface area contributed by atoms with Gasteiger partial charge < -0.3 is 9.47 Å². The van der Waals surface area contributed by atoms with E-state index in [1.54, 1.807) is 7.11 Å². The van der Waals surface area contributed by atoms with Gasteiger partial charge in [-0.1, -0.05) is 63.6 Å². The van der Waals surface area contributed by atoms with E-state index in [-0.39, 0.29) is 5.41 Å². The molecule has 0 heterocycles. The van der Waals surface area contributed by atoms with Crippen LogP contribution in [0.25, 0.3) is 0 Å². The molecule has 0 N–H and O–H groups in total. The summed E-state index contributed by atoms with van der Waals surface area (Å²) in [5, 5.41) is 0. The highest BCUT2D eigenvalue weighted by atomic mass is 16.5. The number of methoxy groups -OCH3 is 1. The lowest BCUT2D eigenvalue weighted by Crippen LogP contribution is -2.42. The van der Waals surface area contributed by atoms with E-state index in [2.05, 4.69) is 45.0 Å². The third-order valence-corrected chi connectivity index (χ3v) is 6.87. The average molecular weight is 351 g/mol. The molecule has 0 saturated heterocycles. The summed E-state index contributed by atoms with van der Waals surface area (Å²) in [5.41, 5.74) is 4.61. The fraction of sp³-hybridized carbons (Fsp3) is 0.500. The van der Waals surface area contributed by atoms with Gasteiger partial charge in [-0.2, -0.15) is 0 Å². The summed E-state index contributed by atoms with van der Waals surface area (Å²) in [4.78, 5) is 0. The molecule has 2 heteroatoms. The van der Waals surface area contributed by atoms with E-state index in [9.17, 15) is 0 Å². The third-order valence-electron chi connectivity index (χ3n) is 6.87. The van der Waals surface area contributed by atoms with Crippen molar-refractivity contribution < 1.29 is 9.47 Å². The topological polar surface area (TPSA) is 18.5 Å². The summed E-state index contributed by atoms with van der Waals surface area (Å²) >= 11 is 0. The average Bonchev–Trinajstić information content (AvgIpc) is 2.95. The number of hydrogen-bond acceptors (Lipinski definition) is 2. The van der Waals surface area contributed by atoms with Gasteiger partial charge in [-0.3, -0.25) is 0 Å². The van der Waals surface area contributed by atoms with Gasteiger partial charge in [0, 0.05) is 11.0 Å². The maximum absolute atomic E-state index is 6.19. The van der Waals surface area contributed by atoms with Crippen LogP contribution in [0.4, 0.5) is 0 Å². The van der Waals surface area contributed by atoms with Crippen molar-refractivity contribution in [1.82, 2.24) is 0 Å². The van der Waals surface area contributed by atoms with Gasteiger partial charge in [0.1, 0.15) is 6.61 Å². The molecule has 2 atom stereocenters. The molecule has 4 rings (SSSR count). The molecule has 2 aromatic carbocycles. The van der Waals surface area contributed by atoms with Gasteiger partial charge in [-0.15, -0.1) is 0 Å². The first-order valence-electron chi connectivity index (χ1n) is 9.83. The molecule has 1 unspecified atom stereocenters. The minimum absolute atomic E-state index is 0.189. The van der Waals surface area contributed by atoms with Crippen LogP contribution in [0.5, 0.6) is 11.5 Å². The van der Waals surface area contributed by atoms with Crippen LogP contribution in [0.2, 0.25) is 0 Å². The van der Waals surface area contributed by atoms with Crippen LogP contribution in [0, 0.1) is 11.3 Å². The molecule has 0 aliphatic heterocycles. The number of rotatable bonds is 4. The van der Waals surface area contributed by atoms with Crippen molar-refractivity contribution in [2.45, 2.75) is 58.5 Å². The Morgan fingerprint density at radius 1 is 1.00 bits per heavy atom. The lowest BCUT2D eigenvalue weighted by atomic mass is 9.57. The van der Waals surface area contributed by atoms with Gasteiger partial charge in [-0.25, -0.2) is 0 Å². The number of fused-ring (bicyclic) bond motifs is 3. The molecule has 0 bridgehead atoms. The van der Waals surface area contributed by atoms with Crippen LogP contribution in [0.1, 0.15) is 56.7 Å². The standard InChI is InChI=1S/C24H30O2/c1-23(2)13-8-14-24(3)20(23)15-18-11-12-19(22(25-4)21(18)24)26-16-17-9-6-5-7-10-17/h5-7,9-12,20H,8,13-16H2,1-4H3/t20?,24-/m0/s1. The normalized spacial score (nSPS) is 26.1. The van der Waals surface area contributed by atoms with Gasteiger partial charge in [0.05, 0.1) is 7.11 Å². The summed E-state index contributed by atoms with van der Waals surface area (Å²) < 4.78 is 12.1.